The van der Waals surface area contributed by atoms with Crippen LogP contribution in [0.3, 0.4) is 0 Å². The Morgan fingerprint density at radius 2 is 1.83 bits per heavy atom. The Hall–Kier alpha value is -1.24. The number of rotatable bonds is 9. The first-order chi connectivity index (χ1) is 8.45. The Morgan fingerprint density at radius 3 is 2.22 bits per heavy atom. The fourth-order valence-electron chi connectivity index (χ4n) is 2.27. The quantitative estimate of drug-likeness (QED) is 0.293. The molecule has 18 heavy (non-hydrogen) atoms. The largest absolute Gasteiger partial charge is 0.299 e. The first-order valence-electron chi connectivity index (χ1n) is 6.63. The van der Waals surface area contributed by atoms with E-state index in [4.69, 9.17) is 5.53 Å². The van der Waals surface area contributed by atoms with Crippen molar-refractivity contribution in [2.24, 2.45) is 17.0 Å². The second-order valence-corrected chi connectivity index (χ2v) is 5.62. The molecule has 0 rings (SSSR count). The molecule has 0 saturated heterocycles. The van der Waals surface area contributed by atoms with E-state index < -0.39 is 5.54 Å². The molecule has 0 fully saturated rings. The fraction of sp³-hybridized carbons (Fsp3) is 0.923. The van der Waals surface area contributed by atoms with Crippen molar-refractivity contribution in [3.8, 4) is 6.07 Å². The second-order valence-electron chi connectivity index (χ2n) is 5.62. The zero-order chi connectivity index (χ0) is 14.0. The van der Waals surface area contributed by atoms with E-state index in [1.807, 2.05) is 0 Å². The zero-order valence-electron chi connectivity index (χ0n) is 12.0. The van der Waals surface area contributed by atoms with Gasteiger partial charge >= 0.3 is 0 Å². The normalized spacial score (nSPS) is 11.4. The maximum atomic E-state index is 9.48. The summed E-state index contributed by atoms with van der Waals surface area (Å²) in [5, 5.41) is 16.3. The van der Waals surface area contributed by atoms with Crippen molar-refractivity contribution in [2.75, 3.05) is 13.1 Å². The van der Waals surface area contributed by atoms with Gasteiger partial charge < -0.3 is 0 Å². The molecule has 0 aromatic heterocycles. The standard InChI is InChI=1S/C13H25N5/c1-11(2)8-13(10-14,9-12(3)4)16-6-5-7-17-18-15/h11-12,16H,5-9H2,1-4H3. The first-order valence-corrected chi connectivity index (χ1v) is 6.63. The van der Waals surface area contributed by atoms with Gasteiger partial charge in [-0.05, 0) is 43.2 Å². The van der Waals surface area contributed by atoms with E-state index in [1.54, 1.807) is 0 Å². The SMILES string of the molecule is CC(C)CC(C#N)(CC(C)C)NCCCN=[N+]=[N-]. The highest BCUT2D eigenvalue weighted by Crippen LogP contribution is 2.24. The maximum absolute atomic E-state index is 9.48. The summed E-state index contributed by atoms with van der Waals surface area (Å²) in [6.07, 6.45) is 2.47. The number of azide groups is 1. The topological polar surface area (TPSA) is 84.6 Å². The van der Waals surface area contributed by atoms with Gasteiger partial charge in [0.15, 0.2) is 0 Å². The van der Waals surface area contributed by atoms with Crippen molar-refractivity contribution in [2.45, 2.75) is 52.5 Å². The van der Waals surface area contributed by atoms with E-state index in [0.29, 0.717) is 24.9 Å². The third kappa shape index (κ3) is 7.16. The molecule has 0 aromatic carbocycles. The first kappa shape index (κ1) is 16.8. The Morgan fingerprint density at radius 1 is 1.28 bits per heavy atom. The number of hydrogen-bond acceptors (Lipinski definition) is 3. The molecule has 0 atom stereocenters. The summed E-state index contributed by atoms with van der Waals surface area (Å²) in [5.41, 5.74) is 7.75. The molecule has 0 heterocycles. The van der Waals surface area contributed by atoms with Crippen LogP contribution >= 0.6 is 0 Å². The van der Waals surface area contributed by atoms with Crippen LogP contribution < -0.4 is 5.32 Å². The molecular formula is C13H25N5. The summed E-state index contributed by atoms with van der Waals surface area (Å²) in [6.45, 7) is 9.73. The van der Waals surface area contributed by atoms with Gasteiger partial charge in [-0.15, -0.1) is 0 Å². The summed E-state index contributed by atoms with van der Waals surface area (Å²) in [7, 11) is 0. The Bertz CT molecular complexity index is 300. The highest BCUT2D eigenvalue weighted by Gasteiger charge is 2.30. The van der Waals surface area contributed by atoms with Crippen molar-refractivity contribution in [1.82, 2.24) is 5.32 Å². The summed E-state index contributed by atoms with van der Waals surface area (Å²) in [6, 6.07) is 2.45. The van der Waals surface area contributed by atoms with Gasteiger partial charge in [0.25, 0.3) is 0 Å². The molecule has 0 spiro atoms. The molecule has 5 nitrogen and oxygen atoms in total. The molecule has 5 heteroatoms. The summed E-state index contributed by atoms with van der Waals surface area (Å²) < 4.78 is 0. The second kappa shape index (κ2) is 8.79. The van der Waals surface area contributed by atoms with E-state index in [-0.39, 0.29) is 0 Å². The van der Waals surface area contributed by atoms with Crippen molar-refractivity contribution in [3.05, 3.63) is 10.4 Å². The van der Waals surface area contributed by atoms with E-state index in [1.165, 1.54) is 0 Å². The lowest BCUT2D eigenvalue weighted by atomic mass is 9.83. The Labute approximate surface area is 110 Å². The van der Waals surface area contributed by atoms with Crippen LogP contribution in [0.25, 0.3) is 10.4 Å². The van der Waals surface area contributed by atoms with Crippen molar-refractivity contribution in [1.29, 1.82) is 5.26 Å². The third-order valence-electron chi connectivity index (χ3n) is 2.69. The van der Waals surface area contributed by atoms with Crippen LogP contribution in [0.15, 0.2) is 5.11 Å². The monoisotopic (exact) mass is 251 g/mol. The fourth-order valence-corrected chi connectivity index (χ4v) is 2.27. The van der Waals surface area contributed by atoms with Crippen LogP contribution in [0.1, 0.15) is 47.0 Å². The van der Waals surface area contributed by atoms with E-state index >= 15 is 0 Å². The van der Waals surface area contributed by atoms with E-state index in [9.17, 15) is 5.26 Å². The smallest absolute Gasteiger partial charge is 0.107 e. The van der Waals surface area contributed by atoms with Crippen LogP contribution in [-0.4, -0.2) is 18.6 Å². The molecule has 0 bridgehead atoms. The van der Waals surface area contributed by atoms with Crippen molar-refractivity contribution >= 4 is 0 Å². The van der Waals surface area contributed by atoms with Gasteiger partial charge in [0.1, 0.15) is 5.54 Å². The molecule has 0 aromatic rings. The minimum atomic E-state index is -0.446. The van der Waals surface area contributed by atoms with Crippen molar-refractivity contribution < 1.29 is 0 Å². The molecule has 0 radical (unpaired) electrons. The highest BCUT2D eigenvalue weighted by atomic mass is 15.1. The predicted octanol–water partition coefficient (Wildman–Crippen LogP) is 3.63. The van der Waals surface area contributed by atoms with Crippen LogP contribution in [0.2, 0.25) is 0 Å². The average Bonchev–Trinajstić information content (AvgIpc) is 2.27. The molecule has 1 N–H and O–H groups in total. The van der Waals surface area contributed by atoms with Crippen molar-refractivity contribution in [3.63, 3.8) is 0 Å². The zero-order valence-corrected chi connectivity index (χ0v) is 12.0. The Balaban J connectivity index is 4.44. The Kier molecular flexibility index (Phi) is 8.19. The van der Waals surface area contributed by atoms with Gasteiger partial charge in [0, 0.05) is 11.5 Å². The lowest BCUT2D eigenvalue weighted by Crippen LogP contribution is -2.46. The third-order valence-corrected chi connectivity index (χ3v) is 2.69. The molecular weight excluding hydrogens is 226 g/mol. The van der Waals surface area contributed by atoms with Gasteiger partial charge in [0.2, 0.25) is 0 Å². The average molecular weight is 251 g/mol. The summed E-state index contributed by atoms with van der Waals surface area (Å²) in [4.78, 5) is 2.72. The lowest BCUT2D eigenvalue weighted by molar-refractivity contribution is 0.286. The molecule has 0 aliphatic carbocycles. The summed E-state index contributed by atoms with van der Waals surface area (Å²) in [5.74, 6) is 0.959. The van der Waals surface area contributed by atoms with Gasteiger partial charge in [-0.25, -0.2) is 0 Å². The van der Waals surface area contributed by atoms with Gasteiger partial charge in [-0.1, -0.05) is 32.8 Å². The number of nitriles is 1. The van der Waals surface area contributed by atoms with Gasteiger partial charge in [0.05, 0.1) is 6.07 Å². The molecule has 0 amide bonds. The predicted molar refractivity (Wildman–Crippen MR) is 73.9 cm³/mol. The number of nitrogens with zero attached hydrogens (tertiary/aromatic N) is 4. The van der Waals surface area contributed by atoms with Crippen LogP contribution in [0.4, 0.5) is 0 Å². The van der Waals surface area contributed by atoms with Gasteiger partial charge in [-0.3, -0.25) is 5.32 Å². The molecule has 0 saturated carbocycles. The van der Waals surface area contributed by atoms with Gasteiger partial charge in [-0.2, -0.15) is 5.26 Å². The molecule has 0 unspecified atom stereocenters. The number of hydrogen-bond donors (Lipinski definition) is 1. The highest BCUT2D eigenvalue weighted by molar-refractivity contribution is 5.07. The maximum Gasteiger partial charge on any atom is 0.107 e. The van der Waals surface area contributed by atoms with Crippen LogP contribution in [0.5, 0.6) is 0 Å². The minimum Gasteiger partial charge on any atom is -0.299 e. The minimum absolute atomic E-state index is 0.446. The molecule has 0 aliphatic rings. The van der Waals surface area contributed by atoms with Crippen LogP contribution in [-0.2, 0) is 0 Å². The lowest BCUT2D eigenvalue weighted by Gasteiger charge is -2.31. The van der Waals surface area contributed by atoms with E-state index in [0.717, 1.165) is 19.3 Å². The molecule has 102 valence electrons. The number of nitrogens with one attached hydrogen (secondary N) is 1. The molecule has 0 aliphatic heterocycles. The summed E-state index contributed by atoms with van der Waals surface area (Å²) >= 11 is 0. The van der Waals surface area contributed by atoms with Crippen LogP contribution in [0, 0.1) is 23.2 Å². The van der Waals surface area contributed by atoms with E-state index in [2.05, 4.69) is 49.1 Å².